The molecule has 4 nitrogen and oxygen atoms in total. The molecule has 0 aliphatic heterocycles. The lowest BCUT2D eigenvalue weighted by Gasteiger charge is -2.20. The summed E-state index contributed by atoms with van der Waals surface area (Å²) in [6.45, 7) is 0.529. The van der Waals surface area contributed by atoms with Crippen LogP contribution in [0.4, 0.5) is 4.39 Å². The van der Waals surface area contributed by atoms with Crippen LogP contribution in [0.5, 0.6) is 0 Å². The van der Waals surface area contributed by atoms with E-state index in [1.54, 1.807) is 18.2 Å². The number of carbonyl (C=O) groups is 1. The molecule has 138 valence electrons. The third-order valence-electron chi connectivity index (χ3n) is 4.76. The maximum atomic E-state index is 14.4. The van der Waals surface area contributed by atoms with Gasteiger partial charge in [0.2, 0.25) is 0 Å². The van der Waals surface area contributed by atoms with Gasteiger partial charge in [0.15, 0.2) is 11.0 Å². The molecule has 3 aromatic rings. The van der Waals surface area contributed by atoms with Gasteiger partial charge in [0.25, 0.3) is 0 Å². The molecule has 2 aromatic carbocycles. The van der Waals surface area contributed by atoms with Crippen molar-refractivity contribution in [1.82, 2.24) is 14.8 Å². The van der Waals surface area contributed by atoms with Crippen molar-refractivity contribution in [2.45, 2.75) is 42.6 Å². The largest absolute Gasteiger partial charge is 0.298 e. The molecular weight excluding hydrogens is 361 g/mol. The molecule has 0 amide bonds. The SMILES string of the molecule is O=C1CCCC[C@H]1Sc1nnc(-c2ccccc2F)n1Cc1ccccc1. The third-order valence-corrected chi connectivity index (χ3v) is 6.06. The van der Waals surface area contributed by atoms with Gasteiger partial charge in [0.05, 0.1) is 17.4 Å². The second-order valence-corrected chi connectivity index (χ2v) is 7.85. The summed E-state index contributed by atoms with van der Waals surface area (Å²) >= 11 is 1.46. The summed E-state index contributed by atoms with van der Waals surface area (Å²) in [5.74, 6) is 0.431. The molecule has 0 unspecified atom stereocenters. The molecule has 1 aliphatic carbocycles. The smallest absolute Gasteiger partial charge is 0.192 e. The van der Waals surface area contributed by atoms with Gasteiger partial charge in [-0.3, -0.25) is 9.36 Å². The van der Waals surface area contributed by atoms with Gasteiger partial charge in [-0.05, 0) is 30.5 Å². The van der Waals surface area contributed by atoms with Gasteiger partial charge in [0, 0.05) is 6.42 Å². The first kappa shape index (κ1) is 17.9. The van der Waals surface area contributed by atoms with Crippen LogP contribution < -0.4 is 0 Å². The minimum atomic E-state index is -0.329. The lowest BCUT2D eigenvalue weighted by molar-refractivity contribution is -0.119. The number of hydrogen-bond donors (Lipinski definition) is 0. The van der Waals surface area contributed by atoms with Crippen molar-refractivity contribution in [2.24, 2.45) is 0 Å². The summed E-state index contributed by atoms with van der Waals surface area (Å²) in [5, 5.41) is 9.16. The van der Waals surface area contributed by atoms with E-state index in [0.717, 1.165) is 24.8 Å². The molecule has 0 bridgehead atoms. The van der Waals surface area contributed by atoms with Crippen molar-refractivity contribution in [2.75, 3.05) is 0 Å². The number of aromatic nitrogens is 3. The van der Waals surface area contributed by atoms with E-state index < -0.39 is 0 Å². The van der Waals surface area contributed by atoms with Crippen LogP contribution in [0.1, 0.15) is 31.2 Å². The lowest BCUT2D eigenvalue weighted by atomic mass is 9.99. The normalized spacial score (nSPS) is 17.2. The summed E-state index contributed by atoms with van der Waals surface area (Å²) in [6, 6.07) is 16.5. The zero-order valence-electron chi connectivity index (χ0n) is 14.8. The molecule has 4 rings (SSSR count). The topological polar surface area (TPSA) is 47.8 Å². The fourth-order valence-electron chi connectivity index (χ4n) is 3.33. The predicted octanol–water partition coefficient (Wildman–Crippen LogP) is 4.74. The highest BCUT2D eigenvalue weighted by atomic mass is 32.2. The maximum absolute atomic E-state index is 14.4. The average molecular weight is 381 g/mol. The Morgan fingerprint density at radius 2 is 1.81 bits per heavy atom. The highest BCUT2D eigenvalue weighted by Crippen LogP contribution is 2.33. The van der Waals surface area contributed by atoms with Gasteiger partial charge in [-0.25, -0.2) is 4.39 Å². The van der Waals surface area contributed by atoms with E-state index in [1.807, 2.05) is 34.9 Å². The molecular formula is C21H20FN3OS. The van der Waals surface area contributed by atoms with E-state index in [0.29, 0.717) is 29.5 Å². The summed E-state index contributed by atoms with van der Waals surface area (Å²) in [4.78, 5) is 12.3. The molecule has 0 N–H and O–H groups in total. The molecule has 1 saturated carbocycles. The zero-order valence-corrected chi connectivity index (χ0v) is 15.7. The summed E-state index contributed by atoms with van der Waals surface area (Å²) in [6.07, 6.45) is 3.50. The first-order chi connectivity index (χ1) is 13.2. The maximum Gasteiger partial charge on any atom is 0.192 e. The fraction of sp³-hybridized carbons (Fsp3) is 0.286. The molecule has 1 fully saturated rings. The van der Waals surface area contributed by atoms with Crippen LogP contribution in [0.3, 0.4) is 0 Å². The minimum Gasteiger partial charge on any atom is -0.298 e. The van der Waals surface area contributed by atoms with Gasteiger partial charge in [-0.2, -0.15) is 0 Å². The molecule has 0 spiro atoms. The standard InChI is InChI=1S/C21H20FN3OS/c22-17-11-5-4-10-16(17)20-23-24-21(27-19-13-7-6-12-18(19)26)25(20)14-15-8-2-1-3-9-15/h1-5,8-11,19H,6-7,12-14H2/t19-/m1/s1. The zero-order chi connectivity index (χ0) is 18.6. The Bertz CT molecular complexity index is 942. The van der Waals surface area contributed by atoms with Gasteiger partial charge in [-0.15, -0.1) is 10.2 Å². The van der Waals surface area contributed by atoms with E-state index in [9.17, 15) is 9.18 Å². The van der Waals surface area contributed by atoms with E-state index in [4.69, 9.17) is 0 Å². The van der Waals surface area contributed by atoms with Crippen LogP contribution in [0, 0.1) is 5.82 Å². The van der Waals surface area contributed by atoms with Crippen molar-refractivity contribution >= 4 is 17.5 Å². The van der Waals surface area contributed by atoms with Crippen molar-refractivity contribution < 1.29 is 9.18 Å². The number of thioether (sulfide) groups is 1. The van der Waals surface area contributed by atoms with Crippen LogP contribution in [0.15, 0.2) is 59.8 Å². The van der Waals surface area contributed by atoms with Crippen molar-refractivity contribution in [1.29, 1.82) is 0 Å². The molecule has 6 heteroatoms. The van der Waals surface area contributed by atoms with E-state index >= 15 is 0 Å². The molecule has 1 heterocycles. The Labute approximate surface area is 161 Å². The number of rotatable bonds is 5. The number of halogens is 1. The Balaban J connectivity index is 1.72. The Kier molecular flexibility index (Phi) is 5.34. The summed E-state index contributed by atoms with van der Waals surface area (Å²) in [5.41, 5.74) is 1.49. The second-order valence-electron chi connectivity index (χ2n) is 6.68. The highest BCUT2D eigenvalue weighted by Gasteiger charge is 2.27. The quantitative estimate of drug-likeness (QED) is 0.641. The molecule has 1 aromatic heterocycles. The van der Waals surface area contributed by atoms with E-state index in [1.165, 1.54) is 17.8 Å². The molecule has 0 radical (unpaired) electrons. The fourth-order valence-corrected chi connectivity index (χ4v) is 4.48. The van der Waals surface area contributed by atoms with E-state index in [2.05, 4.69) is 10.2 Å². The molecule has 1 atom stereocenters. The van der Waals surface area contributed by atoms with Crippen LogP contribution in [-0.4, -0.2) is 25.8 Å². The van der Waals surface area contributed by atoms with E-state index in [-0.39, 0.29) is 16.9 Å². The third kappa shape index (κ3) is 3.95. The van der Waals surface area contributed by atoms with Gasteiger partial charge < -0.3 is 0 Å². The number of ketones is 1. The number of carbonyl (C=O) groups excluding carboxylic acids is 1. The minimum absolute atomic E-state index is 0.0917. The van der Waals surface area contributed by atoms with Crippen LogP contribution in [0.2, 0.25) is 0 Å². The van der Waals surface area contributed by atoms with Crippen molar-refractivity contribution in [3.63, 3.8) is 0 Å². The highest BCUT2D eigenvalue weighted by molar-refractivity contribution is 8.00. The Hall–Kier alpha value is -2.47. The van der Waals surface area contributed by atoms with Gasteiger partial charge >= 0.3 is 0 Å². The first-order valence-electron chi connectivity index (χ1n) is 9.14. The first-order valence-corrected chi connectivity index (χ1v) is 10.0. The van der Waals surface area contributed by atoms with Crippen molar-refractivity contribution in [3.05, 3.63) is 66.0 Å². The Morgan fingerprint density at radius 3 is 2.59 bits per heavy atom. The van der Waals surface area contributed by atoms with Crippen LogP contribution in [0.25, 0.3) is 11.4 Å². The monoisotopic (exact) mass is 381 g/mol. The van der Waals surface area contributed by atoms with Crippen LogP contribution >= 0.6 is 11.8 Å². The molecule has 1 aliphatic rings. The molecule has 0 saturated heterocycles. The number of nitrogens with zero attached hydrogens (tertiary/aromatic N) is 3. The number of benzene rings is 2. The molecule has 27 heavy (non-hydrogen) atoms. The lowest BCUT2D eigenvalue weighted by Crippen LogP contribution is -2.22. The predicted molar refractivity (Wildman–Crippen MR) is 104 cm³/mol. The van der Waals surface area contributed by atoms with Crippen molar-refractivity contribution in [3.8, 4) is 11.4 Å². The summed E-state index contributed by atoms with van der Waals surface area (Å²) in [7, 11) is 0. The summed E-state index contributed by atoms with van der Waals surface area (Å²) < 4.78 is 16.3. The van der Waals surface area contributed by atoms with Gasteiger partial charge in [0.1, 0.15) is 11.6 Å². The number of Topliss-reactive ketones (excluding diaryl/α,β-unsaturated/α-hetero) is 1. The Morgan fingerprint density at radius 1 is 1.04 bits per heavy atom. The van der Waals surface area contributed by atoms with Crippen LogP contribution in [-0.2, 0) is 11.3 Å². The number of hydrogen-bond acceptors (Lipinski definition) is 4. The van der Waals surface area contributed by atoms with Gasteiger partial charge in [-0.1, -0.05) is 60.6 Å². The second kappa shape index (κ2) is 8.05. The average Bonchev–Trinajstić information content (AvgIpc) is 3.07.